The maximum atomic E-state index is 4.27. The van der Waals surface area contributed by atoms with Crippen LogP contribution in [0.5, 0.6) is 0 Å². The van der Waals surface area contributed by atoms with Gasteiger partial charge in [-0.05, 0) is 43.6 Å². The molecular weight excluding hydrogens is 214 g/mol. The number of aryl methyl sites for hydroxylation is 1. The number of hydrogen-bond donors (Lipinski definition) is 1. The molecule has 1 nitrogen and oxygen atoms in total. The molecule has 1 unspecified atom stereocenters. The third-order valence-corrected chi connectivity index (χ3v) is 3.31. The summed E-state index contributed by atoms with van der Waals surface area (Å²) in [5, 5.41) is 0. The first kappa shape index (κ1) is 13.4. The molecule has 0 saturated heterocycles. The quantitative estimate of drug-likeness (QED) is 0.737. The van der Waals surface area contributed by atoms with E-state index in [1.807, 2.05) is 0 Å². The Bertz CT molecular complexity index is 294. The molecular formula is C14H23NS. The van der Waals surface area contributed by atoms with Gasteiger partial charge in [-0.1, -0.05) is 24.6 Å². The number of hydrogen-bond acceptors (Lipinski definition) is 2. The van der Waals surface area contributed by atoms with E-state index >= 15 is 0 Å². The summed E-state index contributed by atoms with van der Waals surface area (Å²) in [5.41, 5.74) is 2.63. The molecule has 1 rings (SSSR count). The van der Waals surface area contributed by atoms with Gasteiger partial charge < -0.3 is 4.90 Å². The highest BCUT2D eigenvalue weighted by atomic mass is 32.1. The van der Waals surface area contributed by atoms with Gasteiger partial charge >= 0.3 is 0 Å². The maximum Gasteiger partial charge on any atom is 0.0363 e. The van der Waals surface area contributed by atoms with E-state index < -0.39 is 0 Å². The number of benzene rings is 1. The first-order valence-corrected chi connectivity index (χ1v) is 6.65. The van der Waals surface area contributed by atoms with Crippen molar-refractivity contribution in [1.29, 1.82) is 0 Å². The molecule has 0 bridgehead atoms. The normalized spacial score (nSPS) is 12.5. The summed E-state index contributed by atoms with van der Waals surface area (Å²) < 4.78 is 0. The minimum Gasteiger partial charge on any atom is -0.375 e. The second kappa shape index (κ2) is 6.85. The summed E-state index contributed by atoms with van der Waals surface area (Å²) in [4.78, 5) is 2.33. The van der Waals surface area contributed by atoms with E-state index in [0.717, 1.165) is 18.2 Å². The van der Waals surface area contributed by atoms with E-state index in [1.54, 1.807) is 0 Å². The molecule has 16 heavy (non-hydrogen) atoms. The first-order valence-electron chi connectivity index (χ1n) is 6.02. The summed E-state index contributed by atoms with van der Waals surface area (Å²) in [6.07, 6.45) is 2.45. The lowest BCUT2D eigenvalue weighted by atomic mass is 10.0. The summed E-state index contributed by atoms with van der Waals surface area (Å²) in [5.74, 6) is 1.76. The minimum atomic E-state index is 0.769. The zero-order chi connectivity index (χ0) is 12.0. The Labute approximate surface area is 105 Å². The van der Waals surface area contributed by atoms with Crippen LogP contribution in [-0.2, 0) is 0 Å². The predicted molar refractivity (Wildman–Crippen MR) is 76.7 cm³/mol. The van der Waals surface area contributed by atoms with Crippen LogP contribution in [0.2, 0.25) is 0 Å². The summed E-state index contributed by atoms with van der Waals surface area (Å²) >= 11 is 4.27. The average molecular weight is 237 g/mol. The van der Waals surface area contributed by atoms with Crippen molar-refractivity contribution in [2.75, 3.05) is 24.2 Å². The van der Waals surface area contributed by atoms with Crippen LogP contribution in [-0.4, -0.2) is 19.3 Å². The number of anilines is 1. The minimum absolute atomic E-state index is 0.769. The Morgan fingerprint density at radius 3 is 2.38 bits per heavy atom. The zero-order valence-corrected chi connectivity index (χ0v) is 11.5. The van der Waals surface area contributed by atoms with Crippen molar-refractivity contribution in [3.05, 3.63) is 29.8 Å². The van der Waals surface area contributed by atoms with Crippen molar-refractivity contribution in [2.45, 2.75) is 26.7 Å². The molecule has 1 atom stereocenters. The molecule has 0 aliphatic heterocycles. The molecule has 0 radical (unpaired) electrons. The fraction of sp³-hybridized carbons (Fsp3) is 0.571. The van der Waals surface area contributed by atoms with Crippen molar-refractivity contribution in [1.82, 2.24) is 0 Å². The van der Waals surface area contributed by atoms with Crippen molar-refractivity contribution in [2.24, 2.45) is 5.92 Å². The predicted octanol–water partition coefficient (Wildman–Crippen LogP) is 3.78. The van der Waals surface area contributed by atoms with Crippen LogP contribution >= 0.6 is 12.6 Å². The Hall–Kier alpha value is -0.630. The fourth-order valence-corrected chi connectivity index (χ4v) is 2.15. The molecule has 1 aromatic carbocycles. The van der Waals surface area contributed by atoms with Crippen LogP contribution in [0.25, 0.3) is 0 Å². The van der Waals surface area contributed by atoms with Crippen molar-refractivity contribution < 1.29 is 0 Å². The Morgan fingerprint density at radius 2 is 1.81 bits per heavy atom. The van der Waals surface area contributed by atoms with Crippen LogP contribution in [0, 0.1) is 12.8 Å². The van der Waals surface area contributed by atoms with Crippen molar-refractivity contribution >= 4 is 18.3 Å². The Kier molecular flexibility index (Phi) is 5.75. The van der Waals surface area contributed by atoms with Gasteiger partial charge in [-0.3, -0.25) is 0 Å². The number of nitrogens with zero attached hydrogens (tertiary/aromatic N) is 1. The monoisotopic (exact) mass is 237 g/mol. The fourth-order valence-electron chi connectivity index (χ4n) is 1.71. The third-order valence-electron chi connectivity index (χ3n) is 3.05. The SMILES string of the molecule is Cc1ccc(N(C)CCC(C)CCS)cc1. The molecule has 0 heterocycles. The highest BCUT2D eigenvalue weighted by Crippen LogP contribution is 2.16. The van der Waals surface area contributed by atoms with E-state index in [9.17, 15) is 0 Å². The molecule has 0 spiro atoms. The van der Waals surface area contributed by atoms with E-state index in [1.165, 1.54) is 24.1 Å². The lowest BCUT2D eigenvalue weighted by Crippen LogP contribution is -2.20. The van der Waals surface area contributed by atoms with Gasteiger partial charge in [0.05, 0.1) is 0 Å². The topological polar surface area (TPSA) is 3.24 Å². The first-order chi connectivity index (χ1) is 7.63. The van der Waals surface area contributed by atoms with Crippen LogP contribution in [0.15, 0.2) is 24.3 Å². The summed E-state index contributed by atoms with van der Waals surface area (Å²) in [7, 11) is 2.16. The maximum absolute atomic E-state index is 4.27. The van der Waals surface area contributed by atoms with Gasteiger partial charge in [-0.25, -0.2) is 0 Å². The standard InChI is InChI=1S/C14H23NS/c1-12-4-6-14(7-5-12)15(3)10-8-13(2)9-11-16/h4-7,13,16H,8-11H2,1-3H3. The summed E-state index contributed by atoms with van der Waals surface area (Å²) in [6.45, 7) is 5.55. The van der Waals surface area contributed by atoms with Crippen molar-refractivity contribution in [3.8, 4) is 0 Å². The van der Waals surface area contributed by atoms with Gasteiger partial charge in [-0.15, -0.1) is 0 Å². The molecule has 2 heteroatoms. The van der Waals surface area contributed by atoms with Gasteiger partial charge in [-0.2, -0.15) is 12.6 Å². The molecule has 0 saturated carbocycles. The van der Waals surface area contributed by atoms with Crippen LogP contribution in [0.3, 0.4) is 0 Å². The van der Waals surface area contributed by atoms with Gasteiger partial charge in [0.1, 0.15) is 0 Å². The molecule has 0 amide bonds. The average Bonchev–Trinajstić information content (AvgIpc) is 2.27. The van der Waals surface area contributed by atoms with Crippen LogP contribution in [0.1, 0.15) is 25.3 Å². The van der Waals surface area contributed by atoms with E-state index in [0.29, 0.717) is 0 Å². The van der Waals surface area contributed by atoms with Gasteiger partial charge in [0.15, 0.2) is 0 Å². The van der Waals surface area contributed by atoms with E-state index in [-0.39, 0.29) is 0 Å². The Morgan fingerprint density at radius 1 is 1.19 bits per heavy atom. The third kappa shape index (κ3) is 4.48. The van der Waals surface area contributed by atoms with Crippen LogP contribution < -0.4 is 4.90 Å². The van der Waals surface area contributed by atoms with Gasteiger partial charge in [0, 0.05) is 19.3 Å². The second-order valence-corrected chi connectivity index (χ2v) is 5.11. The number of rotatable bonds is 6. The van der Waals surface area contributed by atoms with Gasteiger partial charge in [0.25, 0.3) is 0 Å². The Balaban J connectivity index is 2.40. The van der Waals surface area contributed by atoms with E-state index in [4.69, 9.17) is 0 Å². The highest BCUT2D eigenvalue weighted by molar-refractivity contribution is 7.80. The van der Waals surface area contributed by atoms with E-state index in [2.05, 4.69) is 62.7 Å². The lowest BCUT2D eigenvalue weighted by Gasteiger charge is -2.21. The molecule has 90 valence electrons. The lowest BCUT2D eigenvalue weighted by molar-refractivity contribution is 0.522. The molecule has 0 aromatic heterocycles. The molecule has 0 fully saturated rings. The molecule has 0 N–H and O–H groups in total. The molecule has 0 aliphatic rings. The van der Waals surface area contributed by atoms with Crippen molar-refractivity contribution in [3.63, 3.8) is 0 Å². The number of thiol groups is 1. The summed E-state index contributed by atoms with van der Waals surface area (Å²) in [6, 6.07) is 8.73. The molecule has 0 aliphatic carbocycles. The van der Waals surface area contributed by atoms with Crippen LogP contribution in [0.4, 0.5) is 5.69 Å². The molecule has 1 aromatic rings. The zero-order valence-electron chi connectivity index (χ0n) is 10.6. The second-order valence-electron chi connectivity index (χ2n) is 4.66. The van der Waals surface area contributed by atoms with Gasteiger partial charge in [0.2, 0.25) is 0 Å². The highest BCUT2D eigenvalue weighted by Gasteiger charge is 2.04. The largest absolute Gasteiger partial charge is 0.375 e. The smallest absolute Gasteiger partial charge is 0.0363 e.